The molecule has 4 heteroatoms. The topological polar surface area (TPSA) is 38.3 Å². The molecule has 0 heterocycles. The van der Waals surface area contributed by atoms with Crippen LogP contribution in [0.1, 0.15) is 16.7 Å². The van der Waals surface area contributed by atoms with Crippen molar-refractivity contribution >= 4 is 34.2 Å². The standard InChI is InChI=1S/C17H18INO2/c1-11-6-12(2)8-15(7-11)21-10-17(20)19-16-5-4-14(18)9-13(16)3/h4-9H,10H2,1-3H3,(H,19,20). The molecule has 1 amide bonds. The first kappa shape index (κ1) is 15.8. The zero-order valence-corrected chi connectivity index (χ0v) is 14.5. The second-order valence-electron chi connectivity index (χ2n) is 5.12. The quantitative estimate of drug-likeness (QED) is 0.787. The number of aryl methyl sites for hydroxylation is 3. The molecule has 0 saturated heterocycles. The average molecular weight is 395 g/mol. The number of nitrogens with one attached hydrogen (secondary N) is 1. The average Bonchev–Trinajstić information content (AvgIpc) is 2.39. The molecule has 0 bridgehead atoms. The summed E-state index contributed by atoms with van der Waals surface area (Å²) < 4.78 is 6.70. The number of ether oxygens (including phenoxy) is 1. The van der Waals surface area contributed by atoms with Crippen molar-refractivity contribution in [3.05, 3.63) is 56.7 Å². The maximum atomic E-state index is 12.0. The van der Waals surface area contributed by atoms with Crippen molar-refractivity contribution in [1.82, 2.24) is 0 Å². The molecule has 0 aromatic heterocycles. The lowest BCUT2D eigenvalue weighted by atomic mass is 10.1. The van der Waals surface area contributed by atoms with E-state index in [1.54, 1.807) is 0 Å². The summed E-state index contributed by atoms with van der Waals surface area (Å²) in [4.78, 5) is 12.0. The van der Waals surface area contributed by atoms with Crippen LogP contribution in [0.25, 0.3) is 0 Å². The van der Waals surface area contributed by atoms with Gasteiger partial charge in [0.1, 0.15) is 5.75 Å². The summed E-state index contributed by atoms with van der Waals surface area (Å²) in [6.07, 6.45) is 0. The smallest absolute Gasteiger partial charge is 0.262 e. The van der Waals surface area contributed by atoms with Gasteiger partial charge < -0.3 is 10.1 Å². The fourth-order valence-electron chi connectivity index (χ4n) is 2.12. The molecule has 110 valence electrons. The Kier molecular flexibility index (Phi) is 5.22. The van der Waals surface area contributed by atoms with Crippen LogP contribution in [-0.2, 0) is 4.79 Å². The molecule has 0 aliphatic rings. The molecule has 3 nitrogen and oxygen atoms in total. The molecule has 21 heavy (non-hydrogen) atoms. The molecule has 0 atom stereocenters. The molecule has 0 unspecified atom stereocenters. The molecule has 0 saturated carbocycles. The maximum absolute atomic E-state index is 12.0. The summed E-state index contributed by atoms with van der Waals surface area (Å²) in [6, 6.07) is 11.8. The molecule has 0 aliphatic heterocycles. The Morgan fingerprint density at radius 2 is 1.76 bits per heavy atom. The zero-order chi connectivity index (χ0) is 15.4. The number of hydrogen-bond donors (Lipinski definition) is 1. The Balaban J connectivity index is 1.95. The number of carbonyl (C=O) groups excluding carboxylic acids is 1. The highest BCUT2D eigenvalue weighted by atomic mass is 127. The summed E-state index contributed by atoms with van der Waals surface area (Å²) in [5, 5.41) is 2.87. The third kappa shape index (κ3) is 4.74. The fraction of sp³-hybridized carbons (Fsp3) is 0.235. The molecular formula is C17H18INO2. The van der Waals surface area contributed by atoms with E-state index in [2.05, 4.69) is 34.0 Å². The summed E-state index contributed by atoms with van der Waals surface area (Å²) in [5.41, 5.74) is 4.11. The van der Waals surface area contributed by atoms with Gasteiger partial charge in [-0.3, -0.25) is 4.79 Å². The van der Waals surface area contributed by atoms with E-state index in [1.165, 1.54) is 0 Å². The highest BCUT2D eigenvalue weighted by Gasteiger charge is 2.06. The second-order valence-corrected chi connectivity index (χ2v) is 6.37. The van der Waals surface area contributed by atoms with Crippen molar-refractivity contribution in [2.24, 2.45) is 0 Å². The van der Waals surface area contributed by atoms with Gasteiger partial charge >= 0.3 is 0 Å². The van der Waals surface area contributed by atoms with Crippen LogP contribution in [0.2, 0.25) is 0 Å². The van der Waals surface area contributed by atoms with Crippen LogP contribution in [-0.4, -0.2) is 12.5 Å². The Hall–Kier alpha value is -1.56. The van der Waals surface area contributed by atoms with Crippen molar-refractivity contribution in [3.63, 3.8) is 0 Å². The molecule has 2 rings (SSSR count). The normalized spacial score (nSPS) is 10.3. The van der Waals surface area contributed by atoms with Crippen LogP contribution < -0.4 is 10.1 Å². The summed E-state index contributed by atoms with van der Waals surface area (Å²) in [5.74, 6) is 0.570. The Morgan fingerprint density at radius 1 is 1.10 bits per heavy atom. The summed E-state index contributed by atoms with van der Waals surface area (Å²) >= 11 is 2.25. The highest BCUT2D eigenvalue weighted by Crippen LogP contribution is 2.18. The maximum Gasteiger partial charge on any atom is 0.262 e. The predicted octanol–water partition coefficient (Wildman–Crippen LogP) is 4.23. The van der Waals surface area contributed by atoms with Gasteiger partial charge in [0.25, 0.3) is 5.91 Å². The van der Waals surface area contributed by atoms with E-state index in [0.717, 1.165) is 31.7 Å². The summed E-state index contributed by atoms with van der Waals surface area (Å²) in [6.45, 7) is 6.00. The first-order valence-electron chi connectivity index (χ1n) is 6.71. The van der Waals surface area contributed by atoms with Gasteiger partial charge in [0.2, 0.25) is 0 Å². The number of benzene rings is 2. The molecule has 0 radical (unpaired) electrons. The Bertz CT molecular complexity index is 648. The van der Waals surface area contributed by atoms with Gasteiger partial charge in [-0.1, -0.05) is 6.07 Å². The monoisotopic (exact) mass is 395 g/mol. The highest BCUT2D eigenvalue weighted by molar-refractivity contribution is 14.1. The first-order valence-corrected chi connectivity index (χ1v) is 7.79. The molecule has 0 aliphatic carbocycles. The van der Waals surface area contributed by atoms with E-state index in [0.29, 0.717) is 0 Å². The molecule has 0 spiro atoms. The van der Waals surface area contributed by atoms with Gasteiger partial charge in [-0.15, -0.1) is 0 Å². The van der Waals surface area contributed by atoms with Crippen molar-refractivity contribution in [3.8, 4) is 5.75 Å². The number of hydrogen-bond acceptors (Lipinski definition) is 2. The van der Waals surface area contributed by atoms with Gasteiger partial charge in [0.05, 0.1) is 0 Å². The molecule has 0 fully saturated rings. The zero-order valence-electron chi connectivity index (χ0n) is 12.4. The molecule has 2 aromatic carbocycles. The van der Waals surface area contributed by atoms with E-state index in [9.17, 15) is 4.79 Å². The van der Waals surface area contributed by atoms with E-state index in [4.69, 9.17) is 4.74 Å². The van der Waals surface area contributed by atoms with Crippen LogP contribution in [0.3, 0.4) is 0 Å². The number of rotatable bonds is 4. The SMILES string of the molecule is Cc1cc(C)cc(OCC(=O)Nc2ccc(I)cc2C)c1. The minimum Gasteiger partial charge on any atom is -0.484 e. The molecular weight excluding hydrogens is 377 g/mol. The number of amides is 1. The number of carbonyl (C=O) groups is 1. The van der Waals surface area contributed by atoms with Crippen molar-refractivity contribution in [2.75, 3.05) is 11.9 Å². The lowest BCUT2D eigenvalue weighted by Gasteiger charge is -2.11. The third-order valence-electron chi connectivity index (χ3n) is 3.03. The lowest BCUT2D eigenvalue weighted by Crippen LogP contribution is -2.20. The van der Waals surface area contributed by atoms with Crippen molar-refractivity contribution < 1.29 is 9.53 Å². The Morgan fingerprint density at radius 3 is 2.38 bits per heavy atom. The lowest BCUT2D eigenvalue weighted by molar-refractivity contribution is -0.118. The van der Waals surface area contributed by atoms with E-state index >= 15 is 0 Å². The first-order chi connectivity index (χ1) is 9.94. The van der Waals surface area contributed by atoms with Crippen molar-refractivity contribution in [2.45, 2.75) is 20.8 Å². The van der Waals surface area contributed by atoms with E-state index in [1.807, 2.05) is 51.1 Å². The predicted molar refractivity (Wildman–Crippen MR) is 93.9 cm³/mol. The minimum absolute atomic E-state index is 0.00825. The summed E-state index contributed by atoms with van der Waals surface area (Å²) in [7, 11) is 0. The third-order valence-corrected chi connectivity index (χ3v) is 3.70. The fourth-order valence-corrected chi connectivity index (χ4v) is 2.77. The van der Waals surface area contributed by atoms with Gasteiger partial charge in [0.15, 0.2) is 6.61 Å². The van der Waals surface area contributed by atoms with Crippen LogP contribution in [0.15, 0.2) is 36.4 Å². The number of anilines is 1. The Labute approximate surface area is 138 Å². The van der Waals surface area contributed by atoms with Crippen LogP contribution in [0.5, 0.6) is 5.75 Å². The number of halogens is 1. The van der Waals surface area contributed by atoms with Gasteiger partial charge in [-0.2, -0.15) is 0 Å². The van der Waals surface area contributed by atoms with Gasteiger partial charge in [0, 0.05) is 9.26 Å². The van der Waals surface area contributed by atoms with Crippen LogP contribution in [0.4, 0.5) is 5.69 Å². The second kappa shape index (κ2) is 6.93. The minimum atomic E-state index is -0.154. The molecule has 2 aromatic rings. The van der Waals surface area contributed by atoms with E-state index < -0.39 is 0 Å². The van der Waals surface area contributed by atoms with Crippen molar-refractivity contribution in [1.29, 1.82) is 0 Å². The van der Waals surface area contributed by atoms with Gasteiger partial charge in [-0.25, -0.2) is 0 Å². The van der Waals surface area contributed by atoms with Crippen LogP contribution >= 0.6 is 22.6 Å². The largest absolute Gasteiger partial charge is 0.484 e. The van der Waals surface area contributed by atoms with Gasteiger partial charge in [-0.05, 0) is 90.4 Å². The van der Waals surface area contributed by atoms with E-state index in [-0.39, 0.29) is 12.5 Å². The molecule has 1 N–H and O–H groups in total. The van der Waals surface area contributed by atoms with Crippen LogP contribution in [0, 0.1) is 24.3 Å².